The van der Waals surface area contributed by atoms with Crippen LogP contribution in [0.15, 0.2) is 0 Å². The third kappa shape index (κ3) is 1.75. The third-order valence-electron chi connectivity index (χ3n) is 3.25. The van der Waals surface area contributed by atoms with Crippen molar-refractivity contribution in [2.45, 2.75) is 39.7 Å². The molecule has 1 aliphatic rings. The SMILES string of the molecule is CCc1nsc(NC2CC(C)C2C)n1. The van der Waals surface area contributed by atoms with Gasteiger partial charge in [-0.2, -0.15) is 4.37 Å². The maximum absolute atomic E-state index is 4.41. The van der Waals surface area contributed by atoms with Gasteiger partial charge in [0.15, 0.2) is 0 Å². The molecule has 1 aromatic rings. The highest BCUT2D eigenvalue weighted by Gasteiger charge is 2.34. The van der Waals surface area contributed by atoms with E-state index in [0.29, 0.717) is 6.04 Å². The number of aromatic nitrogens is 2. The van der Waals surface area contributed by atoms with Gasteiger partial charge in [0.25, 0.3) is 0 Å². The van der Waals surface area contributed by atoms with E-state index in [9.17, 15) is 0 Å². The third-order valence-corrected chi connectivity index (χ3v) is 3.94. The lowest BCUT2D eigenvalue weighted by Crippen LogP contribution is -2.43. The number of aryl methyl sites for hydroxylation is 1. The summed E-state index contributed by atoms with van der Waals surface area (Å²) in [6.45, 7) is 6.69. The van der Waals surface area contributed by atoms with Crippen LogP contribution in [0.2, 0.25) is 0 Å². The van der Waals surface area contributed by atoms with Crippen molar-refractivity contribution in [3.63, 3.8) is 0 Å². The molecule has 0 bridgehead atoms. The molecular formula is C10H17N3S. The fourth-order valence-electron chi connectivity index (χ4n) is 1.84. The van der Waals surface area contributed by atoms with Crippen LogP contribution in [0.5, 0.6) is 0 Å². The molecule has 4 heteroatoms. The summed E-state index contributed by atoms with van der Waals surface area (Å²) in [4.78, 5) is 4.41. The molecule has 3 nitrogen and oxygen atoms in total. The van der Waals surface area contributed by atoms with Crippen molar-refractivity contribution < 1.29 is 0 Å². The van der Waals surface area contributed by atoms with E-state index in [1.54, 1.807) is 0 Å². The molecule has 14 heavy (non-hydrogen) atoms. The number of nitrogens with zero attached hydrogens (tertiary/aromatic N) is 2. The fourth-order valence-corrected chi connectivity index (χ4v) is 2.55. The summed E-state index contributed by atoms with van der Waals surface area (Å²) in [5, 5.41) is 4.45. The molecule has 0 saturated heterocycles. The van der Waals surface area contributed by atoms with Gasteiger partial charge in [0, 0.05) is 24.0 Å². The summed E-state index contributed by atoms with van der Waals surface area (Å²) in [7, 11) is 0. The molecule has 1 aromatic heterocycles. The Morgan fingerprint density at radius 2 is 2.29 bits per heavy atom. The second-order valence-electron chi connectivity index (χ2n) is 4.19. The normalized spacial score (nSPS) is 31.2. The van der Waals surface area contributed by atoms with Gasteiger partial charge >= 0.3 is 0 Å². The standard InChI is InChI=1S/C10H17N3S/c1-4-9-12-10(14-13-9)11-8-5-6(2)7(8)3/h6-8H,4-5H2,1-3H3,(H,11,12,13). The molecule has 1 fully saturated rings. The number of hydrogen-bond acceptors (Lipinski definition) is 4. The van der Waals surface area contributed by atoms with Crippen molar-refractivity contribution in [3.8, 4) is 0 Å². The number of rotatable bonds is 3. The molecule has 1 heterocycles. The van der Waals surface area contributed by atoms with Crippen LogP contribution in [0.25, 0.3) is 0 Å². The summed E-state index contributed by atoms with van der Waals surface area (Å²) in [5.74, 6) is 2.58. The van der Waals surface area contributed by atoms with E-state index < -0.39 is 0 Å². The van der Waals surface area contributed by atoms with Gasteiger partial charge in [0.05, 0.1) is 0 Å². The van der Waals surface area contributed by atoms with Crippen LogP contribution in [0.1, 0.15) is 33.0 Å². The fraction of sp³-hybridized carbons (Fsp3) is 0.800. The number of anilines is 1. The van der Waals surface area contributed by atoms with E-state index >= 15 is 0 Å². The Morgan fingerprint density at radius 3 is 2.79 bits per heavy atom. The highest BCUT2D eigenvalue weighted by atomic mass is 32.1. The second kappa shape index (κ2) is 3.85. The van der Waals surface area contributed by atoms with Gasteiger partial charge in [0.1, 0.15) is 5.82 Å². The van der Waals surface area contributed by atoms with Crippen molar-refractivity contribution in [1.82, 2.24) is 9.36 Å². The molecular weight excluding hydrogens is 194 g/mol. The number of hydrogen-bond donors (Lipinski definition) is 1. The molecule has 0 aromatic carbocycles. The van der Waals surface area contributed by atoms with Gasteiger partial charge in [-0.15, -0.1) is 0 Å². The van der Waals surface area contributed by atoms with Crippen molar-refractivity contribution in [2.75, 3.05) is 5.32 Å². The maximum atomic E-state index is 4.41. The van der Waals surface area contributed by atoms with Crippen molar-refractivity contribution in [3.05, 3.63) is 5.82 Å². The molecule has 0 spiro atoms. The van der Waals surface area contributed by atoms with Gasteiger partial charge in [-0.1, -0.05) is 20.8 Å². The van der Waals surface area contributed by atoms with Gasteiger partial charge in [-0.05, 0) is 18.3 Å². The zero-order valence-corrected chi connectivity index (χ0v) is 9.77. The second-order valence-corrected chi connectivity index (χ2v) is 4.94. The predicted octanol–water partition coefficient (Wildman–Crippen LogP) is 2.56. The highest BCUT2D eigenvalue weighted by Crippen LogP contribution is 2.35. The van der Waals surface area contributed by atoms with E-state index in [-0.39, 0.29) is 0 Å². The Balaban J connectivity index is 1.92. The van der Waals surface area contributed by atoms with Crippen LogP contribution in [0.4, 0.5) is 5.13 Å². The molecule has 0 aliphatic heterocycles. The zero-order chi connectivity index (χ0) is 10.1. The van der Waals surface area contributed by atoms with Crippen LogP contribution < -0.4 is 5.32 Å². The maximum Gasteiger partial charge on any atom is 0.202 e. The quantitative estimate of drug-likeness (QED) is 0.835. The Hall–Kier alpha value is -0.640. The Morgan fingerprint density at radius 1 is 1.50 bits per heavy atom. The van der Waals surface area contributed by atoms with Crippen molar-refractivity contribution in [2.24, 2.45) is 11.8 Å². The largest absolute Gasteiger partial charge is 0.357 e. The average molecular weight is 211 g/mol. The lowest BCUT2D eigenvalue weighted by molar-refractivity contribution is 0.189. The first-order chi connectivity index (χ1) is 6.70. The lowest BCUT2D eigenvalue weighted by Gasteiger charge is -2.41. The van der Waals surface area contributed by atoms with E-state index in [2.05, 4.69) is 35.4 Å². The summed E-state index contributed by atoms with van der Waals surface area (Å²) in [6, 6.07) is 0.614. The van der Waals surface area contributed by atoms with E-state index in [1.807, 2.05) is 0 Å². The average Bonchev–Trinajstić information content (AvgIpc) is 2.65. The minimum Gasteiger partial charge on any atom is -0.357 e. The Kier molecular flexibility index (Phi) is 2.72. The van der Waals surface area contributed by atoms with E-state index in [1.165, 1.54) is 18.0 Å². The number of nitrogens with one attached hydrogen (secondary N) is 1. The van der Waals surface area contributed by atoms with Gasteiger partial charge in [-0.3, -0.25) is 0 Å². The summed E-state index contributed by atoms with van der Waals surface area (Å²) >= 11 is 1.48. The summed E-state index contributed by atoms with van der Waals surface area (Å²) < 4.78 is 4.26. The highest BCUT2D eigenvalue weighted by molar-refractivity contribution is 7.09. The molecule has 0 radical (unpaired) electrons. The molecule has 0 amide bonds. The predicted molar refractivity (Wildman–Crippen MR) is 59.6 cm³/mol. The van der Waals surface area contributed by atoms with Crippen LogP contribution in [-0.2, 0) is 6.42 Å². The van der Waals surface area contributed by atoms with E-state index in [4.69, 9.17) is 0 Å². The lowest BCUT2D eigenvalue weighted by atomic mass is 9.72. The molecule has 1 saturated carbocycles. The first-order valence-electron chi connectivity index (χ1n) is 5.29. The van der Waals surface area contributed by atoms with Crippen molar-refractivity contribution in [1.29, 1.82) is 0 Å². The molecule has 3 atom stereocenters. The molecule has 1 N–H and O–H groups in total. The van der Waals surface area contributed by atoms with Crippen LogP contribution >= 0.6 is 11.5 Å². The van der Waals surface area contributed by atoms with Crippen LogP contribution in [0.3, 0.4) is 0 Å². The van der Waals surface area contributed by atoms with Gasteiger partial charge < -0.3 is 5.32 Å². The smallest absolute Gasteiger partial charge is 0.202 e. The minimum atomic E-state index is 0.614. The zero-order valence-electron chi connectivity index (χ0n) is 8.95. The summed E-state index contributed by atoms with van der Waals surface area (Å²) in [5.41, 5.74) is 0. The molecule has 3 unspecified atom stereocenters. The monoisotopic (exact) mass is 211 g/mol. The van der Waals surface area contributed by atoms with Crippen LogP contribution in [0, 0.1) is 11.8 Å². The van der Waals surface area contributed by atoms with E-state index in [0.717, 1.165) is 29.2 Å². The van der Waals surface area contributed by atoms with Gasteiger partial charge in [-0.25, -0.2) is 4.98 Å². The Labute approximate surface area is 89.1 Å². The Bertz CT molecular complexity index is 310. The van der Waals surface area contributed by atoms with Crippen molar-refractivity contribution >= 4 is 16.7 Å². The topological polar surface area (TPSA) is 37.8 Å². The van der Waals surface area contributed by atoms with Gasteiger partial charge in [0.2, 0.25) is 5.13 Å². The van der Waals surface area contributed by atoms with Crippen LogP contribution in [-0.4, -0.2) is 15.4 Å². The first-order valence-corrected chi connectivity index (χ1v) is 6.07. The first kappa shape index (κ1) is 9.90. The molecule has 1 aliphatic carbocycles. The molecule has 78 valence electrons. The molecule has 2 rings (SSSR count). The minimum absolute atomic E-state index is 0.614. The summed E-state index contributed by atoms with van der Waals surface area (Å²) in [6.07, 6.45) is 2.19.